The molecule has 0 saturated heterocycles. The molecule has 0 aliphatic heterocycles. The fourth-order valence-electron chi connectivity index (χ4n) is 2.42. The third-order valence-corrected chi connectivity index (χ3v) is 3.78. The predicted octanol–water partition coefficient (Wildman–Crippen LogP) is 5.59. The van der Waals surface area contributed by atoms with Gasteiger partial charge in [-0.15, -0.1) is 0 Å². The van der Waals surface area contributed by atoms with E-state index in [0.29, 0.717) is 5.02 Å². The van der Waals surface area contributed by atoms with E-state index in [2.05, 4.69) is 4.98 Å². The van der Waals surface area contributed by atoms with Crippen LogP contribution in [-0.2, 0) is 0 Å². The zero-order valence-corrected chi connectivity index (χ0v) is 13.5. The summed E-state index contributed by atoms with van der Waals surface area (Å²) in [4.78, 5) is 4.60. The number of halogens is 1. The smallest absolute Gasteiger partial charge is 0.123 e. The molecule has 0 saturated carbocycles. The number of para-hydroxylation sites is 1. The van der Waals surface area contributed by atoms with E-state index in [9.17, 15) is 5.11 Å². The molecule has 0 radical (unpaired) electrons. The first-order valence-electron chi connectivity index (χ1n) is 7.33. The molecule has 3 rings (SSSR count). The van der Waals surface area contributed by atoms with Gasteiger partial charge < -0.3 is 5.11 Å². The maximum Gasteiger partial charge on any atom is 0.123 e. The predicted molar refractivity (Wildman–Crippen MR) is 96.5 cm³/mol. The SMILES string of the molecule is Cc1ccc(-c2ccccc2O)c(C=Cc2cccc(Cl)c2)n1. The highest BCUT2D eigenvalue weighted by Gasteiger charge is 2.08. The van der Waals surface area contributed by atoms with Gasteiger partial charge in [0.2, 0.25) is 0 Å². The molecule has 114 valence electrons. The Morgan fingerprint density at radius 1 is 0.913 bits per heavy atom. The summed E-state index contributed by atoms with van der Waals surface area (Å²) < 4.78 is 0. The second kappa shape index (κ2) is 6.67. The van der Waals surface area contributed by atoms with Crippen LogP contribution in [0.3, 0.4) is 0 Å². The molecule has 0 aliphatic carbocycles. The van der Waals surface area contributed by atoms with Gasteiger partial charge in [0.1, 0.15) is 5.75 Å². The zero-order chi connectivity index (χ0) is 16.2. The Morgan fingerprint density at radius 3 is 2.52 bits per heavy atom. The number of nitrogens with zero attached hydrogens (tertiary/aromatic N) is 1. The summed E-state index contributed by atoms with van der Waals surface area (Å²) in [5.74, 6) is 0.246. The first-order valence-corrected chi connectivity index (χ1v) is 7.71. The van der Waals surface area contributed by atoms with Gasteiger partial charge >= 0.3 is 0 Å². The van der Waals surface area contributed by atoms with Crippen molar-refractivity contribution in [3.63, 3.8) is 0 Å². The van der Waals surface area contributed by atoms with E-state index in [0.717, 1.165) is 28.1 Å². The fraction of sp³-hybridized carbons (Fsp3) is 0.0500. The Labute approximate surface area is 140 Å². The molecular weight excluding hydrogens is 306 g/mol. The molecule has 2 nitrogen and oxygen atoms in total. The van der Waals surface area contributed by atoms with E-state index in [1.165, 1.54) is 0 Å². The lowest BCUT2D eigenvalue weighted by Crippen LogP contribution is -1.91. The summed E-state index contributed by atoms with van der Waals surface area (Å²) >= 11 is 6.02. The summed E-state index contributed by atoms with van der Waals surface area (Å²) in [7, 11) is 0. The number of aromatic hydroxyl groups is 1. The van der Waals surface area contributed by atoms with Gasteiger partial charge in [-0.25, -0.2) is 0 Å². The number of aryl methyl sites for hydroxylation is 1. The molecule has 23 heavy (non-hydrogen) atoms. The van der Waals surface area contributed by atoms with Crippen molar-refractivity contribution in [3.8, 4) is 16.9 Å². The van der Waals surface area contributed by atoms with Crippen LogP contribution in [0.15, 0.2) is 60.7 Å². The molecule has 0 amide bonds. The van der Waals surface area contributed by atoms with Crippen molar-refractivity contribution in [2.45, 2.75) is 6.92 Å². The van der Waals surface area contributed by atoms with E-state index in [1.54, 1.807) is 6.07 Å². The lowest BCUT2D eigenvalue weighted by Gasteiger charge is -2.08. The highest BCUT2D eigenvalue weighted by atomic mass is 35.5. The number of hydrogen-bond donors (Lipinski definition) is 1. The number of phenolic OH excluding ortho intramolecular Hbond substituents is 1. The Kier molecular flexibility index (Phi) is 4.45. The van der Waals surface area contributed by atoms with Crippen molar-refractivity contribution >= 4 is 23.8 Å². The van der Waals surface area contributed by atoms with Gasteiger partial charge in [0.25, 0.3) is 0 Å². The molecule has 0 fully saturated rings. The molecular formula is C20H16ClNO. The van der Waals surface area contributed by atoms with E-state index < -0.39 is 0 Å². The Bertz CT molecular complexity index is 871. The third kappa shape index (κ3) is 3.61. The molecule has 0 bridgehead atoms. The van der Waals surface area contributed by atoms with Gasteiger partial charge in [-0.3, -0.25) is 4.98 Å². The molecule has 0 unspecified atom stereocenters. The summed E-state index contributed by atoms with van der Waals surface area (Å²) in [6.07, 6.45) is 3.91. The van der Waals surface area contributed by atoms with Gasteiger partial charge in [0.05, 0.1) is 5.69 Å². The standard InChI is InChI=1S/C20H16ClNO/c1-14-9-11-17(18-7-2-3-8-20(18)23)19(22-14)12-10-15-5-4-6-16(21)13-15/h2-13,23H,1H3. The Morgan fingerprint density at radius 2 is 1.74 bits per heavy atom. The highest BCUT2D eigenvalue weighted by Crippen LogP contribution is 2.31. The number of rotatable bonds is 3. The Balaban J connectivity index is 2.05. The lowest BCUT2D eigenvalue weighted by molar-refractivity contribution is 0.477. The minimum absolute atomic E-state index is 0.246. The lowest BCUT2D eigenvalue weighted by atomic mass is 10.0. The molecule has 2 aromatic carbocycles. The summed E-state index contributed by atoms with van der Waals surface area (Å²) in [6.45, 7) is 1.95. The Hall–Kier alpha value is -2.58. The van der Waals surface area contributed by atoms with Gasteiger partial charge in [-0.2, -0.15) is 0 Å². The normalized spacial score (nSPS) is 11.0. The fourth-order valence-corrected chi connectivity index (χ4v) is 2.62. The number of pyridine rings is 1. The average molecular weight is 322 g/mol. The van der Waals surface area contributed by atoms with Gasteiger partial charge in [0, 0.05) is 21.8 Å². The van der Waals surface area contributed by atoms with Crippen LogP contribution in [0.4, 0.5) is 0 Å². The van der Waals surface area contributed by atoms with Gasteiger partial charge in [-0.05, 0) is 42.8 Å². The topological polar surface area (TPSA) is 33.1 Å². The first kappa shape index (κ1) is 15.3. The molecule has 0 aliphatic rings. The van der Waals surface area contributed by atoms with Gasteiger partial charge in [-0.1, -0.05) is 54.1 Å². The zero-order valence-electron chi connectivity index (χ0n) is 12.7. The quantitative estimate of drug-likeness (QED) is 0.682. The second-order valence-electron chi connectivity index (χ2n) is 5.29. The van der Waals surface area contributed by atoms with Gasteiger partial charge in [0.15, 0.2) is 0 Å². The van der Waals surface area contributed by atoms with E-state index in [4.69, 9.17) is 11.6 Å². The van der Waals surface area contributed by atoms with E-state index >= 15 is 0 Å². The number of hydrogen-bond acceptors (Lipinski definition) is 2. The van der Waals surface area contributed by atoms with Crippen molar-refractivity contribution < 1.29 is 5.11 Å². The number of benzene rings is 2. The van der Waals surface area contributed by atoms with Crippen molar-refractivity contribution in [3.05, 3.63) is 82.6 Å². The maximum atomic E-state index is 10.1. The molecule has 3 aromatic rings. The van der Waals surface area contributed by atoms with Crippen molar-refractivity contribution in [1.29, 1.82) is 0 Å². The van der Waals surface area contributed by atoms with Crippen LogP contribution >= 0.6 is 11.6 Å². The maximum absolute atomic E-state index is 10.1. The minimum Gasteiger partial charge on any atom is -0.507 e. The van der Waals surface area contributed by atoms with Crippen molar-refractivity contribution in [1.82, 2.24) is 4.98 Å². The monoisotopic (exact) mass is 321 g/mol. The molecule has 1 N–H and O–H groups in total. The van der Waals surface area contributed by atoms with Crippen LogP contribution < -0.4 is 0 Å². The van der Waals surface area contributed by atoms with Crippen molar-refractivity contribution in [2.75, 3.05) is 0 Å². The van der Waals surface area contributed by atoms with E-state index in [1.807, 2.05) is 73.7 Å². The largest absolute Gasteiger partial charge is 0.507 e. The molecule has 0 atom stereocenters. The third-order valence-electron chi connectivity index (χ3n) is 3.54. The average Bonchev–Trinajstić information content (AvgIpc) is 2.54. The minimum atomic E-state index is 0.246. The van der Waals surface area contributed by atoms with Crippen LogP contribution in [0.2, 0.25) is 5.02 Å². The van der Waals surface area contributed by atoms with E-state index in [-0.39, 0.29) is 5.75 Å². The van der Waals surface area contributed by atoms with Crippen molar-refractivity contribution in [2.24, 2.45) is 0 Å². The molecule has 1 heterocycles. The van der Waals surface area contributed by atoms with Crippen LogP contribution in [0, 0.1) is 6.92 Å². The highest BCUT2D eigenvalue weighted by molar-refractivity contribution is 6.30. The first-order chi connectivity index (χ1) is 11.1. The molecule has 1 aromatic heterocycles. The summed E-state index contributed by atoms with van der Waals surface area (Å²) in [5, 5.41) is 10.8. The van der Waals surface area contributed by atoms with Crippen LogP contribution in [0.25, 0.3) is 23.3 Å². The molecule has 3 heteroatoms. The number of phenols is 1. The molecule has 0 spiro atoms. The summed E-state index contributed by atoms with van der Waals surface area (Å²) in [5.41, 5.74) is 4.41. The summed E-state index contributed by atoms with van der Waals surface area (Å²) in [6, 6.07) is 18.8. The van der Waals surface area contributed by atoms with Crippen LogP contribution in [-0.4, -0.2) is 10.1 Å². The van der Waals surface area contributed by atoms with Crippen LogP contribution in [0.5, 0.6) is 5.75 Å². The second-order valence-corrected chi connectivity index (χ2v) is 5.73. The van der Waals surface area contributed by atoms with Crippen LogP contribution in [0.1, 0.15) is 17.0 Å². The number of aromatic nitrogens is 1.